The van der Waals surface area contributed by atoms with E-state index in [-0.39, 0.29) is 11.4 Å². The number of nitrogens with one attached hydrogen (secondary N) is 3. The summed E-state index contributed by atoms with van der Waals surface area (Å²) < 4.78 is 11.7. The van der Waals surface area contributed by atoms with Crippen LogP contribution >= 0.6 is 35.3 Å². The maximum Gasteiger partial charge on any atom is 0.408 e. The molecule has 4 atom stereocenters. The van der Waals surface area contributed by atoms with Gasteiger partial charge < -0.3 is 20.1 Å². The molecule has 0 bridgehead atoms. The van der Waals surface area contributed by atoms with Crippen molar-refractivity contribution in [2.45, 2.75) is 65.0 Å². The zero-order chi connectivity index (χ0) is 48.7. The van der Waals surface area contributed by atoms with Crippen molar-refractivity contribution in [1.29, 1.82) is 0 Å². The molecule has 0 spiro atoms. The first-order chi connectivity index (χ1) is 34.0. The largest absolute Gasteiger partial charge is 0.448 e. The predicted molar refractivity (Wildman–Crippen MR) is 274 cm³/mol. The highest BCUT2D eigenvalue weighted by atomic mass is 32.2. The Balaban J connectivity index is 1.15. The number of carbonyl (C=O) groups excluding carboxylic acids is 4. The molecule has 2 unspecified atom stereocenters. The van der Waals surface area contributed by atoms with Crippen LogP contribution in [0.15, 0.2) is 204 Å². The highest BCUT2D eigenvalue weighted by molar-refractivity contribution is 8.19. The molecule has 0 saturated carbocycles. The number of fused-ring (bicyclic) bond motifs is 1. The lowest BCUT2D eigenvalue weighted by Crippen LogP contribution is -2.71. The summed E-state index contributed by atoms with van der Waals surface area (Å²) in [6, 6.07) is 56.3. The van der Waals surface area contributed by atoms with Gasteiger partial charge in [-0.3, -0.25) is 19.6 Å². The first kappa shape index (κ1) is 48.0. The number of carbonyl (C=O) groups is 4. The van der Waals surface area contributed by atoms with Crippen molar-refractivity contribution in [3.8, 4) is 0 Å². The van der Waals surface area contributed by atoms with Crippen LogP contribution in [-0.2, 0) is 29.3 Å². The number of esters is 1. The number of hydrogen-bond acceptors (Lipinski definition) is 11. The number of β-lactam (4-membered cyclic amide) rings is 1. The molecule has 12 nitrogen and oxygen atoms in total. The fourth-order valence-electron chi connectivity index (χ4n) is 8.73. The van der Waals surface area contributed by atoms with Crippen LogP contribution in [0.3, 0.4) is 0 Å². The number of hydrogen-bond donors (Lipinski definition) is 3. The van der Waals surface area contributed by atoms with Gasteiger partial charge in [0.2, 0.25) is 5.91 Å². The summed E-state index contributed by atoms with van der Waals surface area (Å²) in [6.07, 6.45) is 0.133. The molecule has 7 aromatic rings. The first-order valence-electron chi connectivity index (χ1n) is 22.7. The van der Waals surface area contributed by atoms with Gasteiger partial charge in [0.1, 0.15) is 33.8 Å². The quantitative estimate of drug-likeness (QED) is 0.0279. The molecule has 1 aromatic heterocycles. The van der Waals surface area contributed by atoms with Gasteiger partial charge in [-0.1, -0.05) is 199 Å². The normalized spacial score (nSPS) is 16.6. The summed E-state index contributed by atoms with van der Waals surface area (Å²) in [6.45, 7) is 5.20. The van der Waals surface area contributed by atoms with Crippen LogP contribution in [0.2, 0.25) is 0 Å². The predicted octanol–water partition coefficient (Wildman–Crippen LogP) is 10.2. The van der Waals surface area contributed by atoms with E-state index >= 15 is 4.79 Å². The summed E-state index contributed by atoms with van der Waals surface area (Å²) in [5.74, 6) is -1.54. The van der Waals surface area contributed by atoms with Crippen LogP contribution in [0.5, 0.6) is 0 Å². The van der Waals surface area contributed by atoms with Crippen molar-refractivity contribution in [3.63, 3.8) is 0 Å². The van der Waals surface area contributed by atoms with Crippen molar-refractivity contribution in [2.75, 3.05) is 5.75 Å². The summed E-state index contributed by atoms with van der Waals surface area (Å²) in [7, 11) is 0. The molecule has 9 rings (SSSR count). The van der Waals surface area contributed by atoms with E-state index in [1.165, 1.54) is 40.2 Å². The van der Waals surface area contributed by atoms with Crippen LogP contribution in [0.4, 0.5) is 4.79 Å². The molecule has 0 radical (unpaired) electrons. The topological polar surface area (TPSA) is 156 Å². The molecule has 354 valence electrons. The van der Waals surface area contributed by atoms with Gasteiger partial charge in [-0.2, -0.15) is 0 Å². The van der Waals surface area contributed by atoms with Crippen molar-refractivity contribution in [2.24, 2.45) is 0 Å². The SMILES string of the molecule is CC(C)(C)OC(=O)NC(C(=O)N[C@@H]1C(=O)N2C(C(=O)OC(c3ccccc3)c3ccccc3)=C(SC(Sc3c[nH]nn3)C(c3ccccc3)(c3ccccc3)c3ccccc3)CS[C@H]12)c1ccccc1. The molecule has 2 aliphatic heterocycles. The molecule has 2 aliphatic rings. The van der Waals surface area contributed by atoms with Gasteiger partial charge in [0.25, 0.3) is 5.91 Å². The van der Waals surface area contributed by atoms with Crippen molar-refractivity contribution < 1.29 is 28.7 Å². The minimum atomic E-state index is -1.19. The van der Waals surface area contributed by atoms with E-state index < -0.39 is 63.0 Å². The van der Waals surface area contributed by atoms with E-state index in [1.54, 1.807) is 57.3 Å². The summed E-state index contributed by atoms with van der Waals surface area (Å²) in [5.41, 5.74) is 3.35. The molecular formula is C55H50N6O6S3. The van der Waals surface area contributed by atoms with E-state index in [0.717, 1.165) is 27.8 Å². The zero-order valence-corrected chi connectivity index (χ0v) is 41.0. The van der Waals surface area contributed by atoms with Crippen molar-refractivity contribution in [1.82, 2.24) is 30.9 Å². The average molecular weight is 987 g/mol. The van der Waals surface area contributed by atoms with Gasteiger partial charge in [0.05, 0.1) is 16.2 Å². The van der Waals surface area contributed by atoms with E-state index in [9.17, 15) is 14.4 Å². The standard InChI is InChI=1S/C55H50N6O6S3/c1-54(2,3)67-53(65)58-44(36-22-10-4-11-23-36)48(62)57-45-49(63)61-46(51(64)66-47(37-24-12-5-13-25-37)38-26-14-6-15-27-38)42(35-68-50(45)61)69-52(70-43-34-56-60-59-43)55(39-28-16-7-17-29-39,40-30-18-8-19-31-40)41-32-20-9-21-33-41/h4-34,44-45,47,50,52H,35H2,1-3H3,(H,57,62)(H,58,65)(H,56,59,60)/t44?,45-,50-,52?/m1/s1. The average Bonchev–Trinajstić information content (AvgIpc) is 3.91. The summed E-state index contributed by atoms with van der Waals surface area (Å²) >= 11 is 4.41. The lowest BCUT2D eigenvalue weighted by molar-refractivity contribution is -0.154. The molecule has 1 fully saturated rings. The summed E-state index contributed by atoms with van der Waals surface area (Å²) in [5, 5.41) is 17.0. The van der Waals surface area contributed by atoms with Crippen LogP contribution in [0, 0.1) is 0 Å². The van der Waals surface area contributed by atoms with E-state index in [1.807, 2.05) is 115 Å². The van der Waals surface area contributed by atoms with Gasteiger partial charge in [0.15, 0.2) is 6.10 Å². The van der Waals surface area contributed by atoms with Crippen molar-refractivity contribution >= 4 is 59.2 Å². The Morgan fingerprint density at radius 2 is 1.19 bits per heavy atom. The molecule has 3 amide bonds. The van der Waals surface area contributed by atoms with E-state index in [0.29, 0.717) is 15.5 Å². The number of H-pyrrole nitrogens is 1. The minimum absolute atomic E-state index is 0.0847. The highest BCUT2D eigenvalue weighted by Crippen LogP contribution is 2.56. The van der Waals surface area contributed by atoms with Crippen molar-refractivity contribution in [3.05, 3.63) is 232 Å². The fourth-order valence-corrected chi connectivity index (χ4v) is 13.4. The van der Waals surface area contributed by atoms with Gasteiger partial charge >= 0.3 is 12.1 Å². The smallest absolute Gasteiger partial charge is 0.408 e. The third kappa shape index (κ3) is 10.3. The van der Waals surface area contributed by atoms with Gasteiger partial charge in [-0.15, -0.1) is 28.6 Å². The molecular weight excluding hydrogens is 937 g/mol. The van der Waals surface area contributed by atoms with Gasteiger partial charge in [-0.05, 0) is 54.2 Å². The first-order valence-corrected chi connectivity index (χ1v) is 25.5. The molecule has 0 aliphatic carbocycles. The minimum Gasteiger partial charge on any atom is -0.448 e. The van der Waals surface area contributed by atoms with Gasteiger partial charge in [0, 0.05) is 10.7 Å². The Morgan fingerprint density at radius 3 is 1.66 bits per heavy atom. The number of thioether (sulfide) groups is 3. The Bertz CT molecular complexity index is 2790. The van der Waals surface area contributed by atoms with E-state index in [2.05, 4.69) is 62.4 Å². The Labute approximate surface area is 419 Å². The van der Waals surface area contributed by atoms with Gasteiger partial charge in [-0.25, -0.2) is 9.59 Å². The number of nitrogens with zero attached hydrogens (tertiary/aromatic N) is 3. The maximum absolute atomic E-state index is 15.4. The van der Waals surface area contributed by atoms with Crippen LogP contribution < -0.4 is 10.6 Å². The number of amides is 3. The summed E-state index contributed by atoms with van der Waals surface area (Å²) in [4.78, 5) is 59.9. The molecule has 3 N–H and O–H groups in total. The monoisotopic (exact) mass is 986 g/mol. The molecule has 3 heterocycles. The third-order valence-electron chi connectivity index (χ3n) is 11.8. The lowest BCUT2D eigenvalue weighted by atomic mass is 9.70. The van der Waals surface area contributed by atoms with E-state index in [4.69, 9.17) is 9.47 Å². The Morgan fingerprint density at radius 1 is 0.700 bits per heavy atom. The lowest BCUT2D eigenvalue weighted by Gasteiger charge is -2.50. The second-order valence-electron chi connectivity index (χ2n) is 17.5. The van der Waals surface area contributed by atoms with Crippen LogP contribution in [0.25, 0.3) is 0 Å². The number of ether oxygens (including phenoxy) is 2. The third-order valence-corrected chi connectivity index (χ3v) is 16.1. The Kier molecular flexibility index (Phi) is 14.6. The zero-order valence-electron chi connectivity index (χ0n) is 38.5. The fraction of sp³-hybridized carbons (Fsp3) is 0.200. The molecule has 6 aromatic carbocycles. The van der Waals surface area contributed by atoms with Crippen LogP contribution in [0.1, 0.15) is 66.3 Å². The molecule has 1 saturated heterocycles. The number of aromatic amines is 1. The second kappa shape index (κ2) is 21.3. The molecule has 15 heteroatoms. The highest BCUT2D eigenvalue weighted by Gasteiger charge is 2.56. The number of rotatable bonds is 16. The second-order valence-corrected chi connectivity index (χ2v) is 21.3. The number of alkyl carbamates (subject to hydrolysis) is 1. The number of aromatic nitrogens is 3. The number of benzene rings is 6. The molecule has 70 heavy (non-hydrogen) atoms. The Hall–Kier alpha value is -7.07. The van der Waals surface area contributed by atoms with Crippen LogP contribution in [-0.4, -0.2) is 71.5 Å². The maximum atomic E-state index is 15.4.